The lowest BCUT2D eigenvalue weighted by molar-refractivity contribution is 0.326. The summed E-state index contributed by atoms with van der Waals surface area (Å²) >= 11 is 0. The maximum absolute atomic E-state index is 5.56. The second-order valence-electron chi connectivity index (χ2n) is 5.57. The number of ether oxygens (including phenoxy) is 1. The van der Waals surface area contributed by atoms with Crippen LogP contribution in [0.1, 0.15) is 26.2 Å². The number of hydrogen-bond donors (Lipinski definition) is 0. The fourth-order valence-electron chi connectivity index (χ4n) is 3.10. The van der Waals surface area contributed by atoms with Gasteiger partial charge in [-0.1, -0.05) is 0 Å². The maximum Gasteiger partial charge on any atom is 0.120 e. The number of hydrogen-bond acceptors (Lipinski definition) is 2. The highest BCUT2D eigenvalue weighted by Gasteiger charge is 2.10. The van der Waals surface area contributed by atoms with Gasteiger partial charge in [0, 0.05) is 23.6 Å². The predicted octanol–water partition coefficient (Wildman–Crippen LogP) is 3.53. The number of likely N-dealkylation sites (tertiary alicyclic amines) is 1. The van der Waals surface area contributed by atoms with Crippen LogP contribution in [0.4, 0.5) is 0 Å². The Morgan fingerprint density at radius 1 is 1.10 bits per heavy atom. The second kappa shape index (κ2) is 6.31. The first-order valence-corrected chi connectivity index (χ1v) is 7.81. The number of aromatic nitrogens is 1. The first-order valence-electron chi connectivity index (χ1n) is 7.81. The van der Waals surface area contributed by atoms with Crippen LogP contribution in [0.5, 0.6) is 5.75 Å². The third-order valence-electron chi connectivity index (χ3n) is 4.13. The lowest BCUT2D eigenvalue weighted by Gasteiger charge is -2.14. The van der Waals surface area contributed by atoms with Crippen LogP contribution >= 0.6 is 0 Å². The molecule has 3 heteroatoms. The molecule has 108 valence electrons. The molecule has 1 aromatic heterocycles. The van der Waals surface area contributed by atoms with Crippen LogP contribution in [0, 0.1) is 0 Å². The Morgan fingerprint density at radius 2 is 1.95 bits per heavy atom. The first-order chi connectivity index (χ1) is 9.86. The molecule has 0 saturated carbocycles. The molecule has 3 rings (SSSR count). The van der Waals surface area contributed by atoms with Crippen molar-refractivity contribution in [3.05, 3.63) is 30.5 Å². The zero-order chi connectivity index (χ0) is 13.8. The summed E-state index contributed by atoms with van der Waals surface area (Å²) in [6.07, 6.45) is 6.20. The molecule has 0 unspecified atom stereocenters. The molecule has 0 amide bonds. The fraction of sp³-hybridized carbons (Fsp3) is 0.529. The summed E-state index contributed by atoms with van der Waals surface area (Å²) in [6, 6.07) is 8.57. The molecule has 2 aromatic rings. The van der Waals surface area contributed by atoms with E-state index in [4.69, 9.17) is 4.74 Å². The van der Waals surface area contributed by atoms with Crippen LogP contribution in [0.25, 0.3) is 10.9 Å². The number of nitrogens with zero attached hydrogens (tertiary/aromatic N) is 2. The third kappa shape index (κ3) is 2.98. The van der Waals surface area contributed by atoms with Crippen molar-refractivity contribution in [1.29, 1.82) is 0 Å². The van der Waals surface area contributed by atoms with Gasteiger partial charge in [0.05, 0.1) is 6.61 Å². The van der Waals surface area contributed by atoms with E-state index in [-0.39, 0.29) is 0 Å². The van der Waals surface area contributed by atoms with Gasteiger partial charge in [-0.3, -0.25) is 0 Å². The molecule has 1 aliphatic rings. The monoisotopic (exact) mass is 272 g/mol. The molecule has 0 aliphatic carbocycles. The summed E-state index contributed by atoms with van der Waals surface area (Å²) in [5.41, 5.74) is 1.31. The Kier molecular flexibility index (Phi) is 4.26. The quantitative estimate of drug-likeness (QED) is 0.800. The van der Waals surface area contributed by atoms with Crippen molar-refractivity contribution in [2.45, 2.75) is 32.7 Å². The van der Waals surface area contributed by atoms with Crippen molar-refractivity contribution in [3.63, 3.8) is 0 Å². The van der Waals surface area contributed by atoms with Crippen molar-refractivity contribution in [3.8, 4) is 5.75 Å². The van der Waals surface area contributed by atoms with E-state index in [9.17, 15) is 0 Å². The van der Waals surface area contributed by atoms with E-state index < -0.39 is 0 Å². The van der Waals surface area contributed by atoms with Gasteiger partial charge in [-0.15, -0.1) is 0 Å². The molecule has 1 aromatic carbocycles. The molecule has 1 aliphatic heterocycles. The summed E-state index contributed by atoms with van der Waals surface area (Å²) in [7, 11) is 0. The van der Waals surface area contributed by atoms with E-state index in [2.05, 4.69) is 39.9 Å². The molecule has 0 spiro atoms. The Bertz CT molecular complexity index is 555. The lowest BCUT2D eigenvalue weighted by atomic mass is 10.2. The van der Waals surface area contributed by atoms with Gasteiger partial charge in [-0.2, -0.15) is 0 Å². The highest BCUT2D eigenvalue weighted by atomic mass is 16.5. The zero-order valence-electron chi connectivity index (χ0n) is 12.3. The van der Waals surface area contributed by atoms with Crippen LogP contribution in [0.3, 0.4) is 0 Å². The molecule has 1 saturated heterocycles. The molecule has 0 radical (unpaired) electrons. The highest BCUT2D eigenvalue weighted by molar-refractivity contribution is 5.81. The predicted molar refractivity (Wildman–Crippen MR) is 83.4 cm³/mol. The van der Waals surface area contributed by atoms with E-state index in [1.54, 1.807) is 0 Å². The second-order valence-corrected chi connectivity index (χ2v) is 5.57. The fourth-order valence-corrected chi connectivity index (χ4v) is 3.10. The van der Waals surface area contributed by atoms with E-state index in [1.165, 1.54) is 49.8 Å². The summed E-state index contributed by atoms with van der Waals surface area (Å²) in [5, 5.41) is 1.28. The molecular weight excluding hydrogens is 248 g/mol. The van der Waals surface area contributed by atoms with Gasteiger partial charge in [0.1, 0.15) is 5.75 Å². The molecule has 0 atom stereocenters. The van der Waals surface area contributed by atoms with Crippen LogP contribution in [0.2, 0.25) is 0 Å². The summed E-state index contributed by atoms with van der Waals surface area (Å²) in [6.45, 7) is 7.68. The Hall–Kier alpha value is -1.48. The topological polar surface area (TPSA) is 17.4 Å². The third-order valence-corrected chi connectivity index (χ3v) is 4.13. The summed E-state index contributed by atoms with van der Waals surface area (Å²) < 4.78 is 7.92. The van der Waals surface area contributed by atoms with Crippen LogP contribution in [-0.2, 0) is 6.54 Å². The van der Waals surface area contributed by atoms with Gasteiger partial charge in [0.25, 0.3) is 0 Å². The normalized spacial score (nSPS) is 16.1. The zero-order valence-corrected chi connectivity index (χ0v) is 12.3. The standard InChI is InChI=1S/C17H24N2O/c1-2-20-16-6-7-17-15(14-16)8-13-19(17)12-5-11-18-9-3-4-10-18/h6-8,13-14H,2-5,9-12H2,1H3. The number of benzene rings is 1. The van der Waals surface area contributed by atoms with Gasteiger partial charge < -0.3 is 14.2 Å². The van der Waals surface area contributed by atoms with Crippen molar-refractivity contribution < 1.29 is 4.74 Å². The highest BCUT2D eigenvalue weighted by Crippen LogP contribution is 2.22. The Labute approximate surface area is 121 Å². The van der Waals surface area contributed by atoms with Crippen LogP contribution in [0.15, 0.2) is 30.5 Å². The van der Waals surface area contributed by atoms with Gasteiger partial charge in [-0.05, 0) is 70.1 Å². The molecule has 0 N–H and O–H groups in total. The molecular formula is C17H24N2O. The van der Waals surface area contributed by atoms with Gasteiger partial charge in [0.2, 0.25) is 0 Å². The molecule has 2 heterocycles. The van der Waals surface area contributed by atoms with E-state index in [0.717, 1.165) is 18.9 Å². The maximum atomic E-state index is 5.56. The summed E-state index contributed by atoms with van der Waals surface area (Å²) in [4.78, 5) is 2.58. The van der Waals surface area contributed by atoms with Crippen molar-refractivity contribution in [2.75, 3.05) is 26.2 Å². The minimum atomic E-state index is 0.724. The average Bonchev–Trinajstić information content (AvgIpc) is 3.09. The smallest absolute Gasteiger partial charge is 0.120 e. The number of aryl methyl sites for hydroxylation is 1. The average molecular weight is 272 g/mol. The Morgan fingerprint density at radius 3 is 2.75 bits per heavy atom. The lowest BCUT2D eigenvalue weighted by Crippen LogP contribution is -2.21. The van der Waals surface area contributed by atoms with Crippen molar-refractivity contribution >= 4 is 10.9 Å². The molecule has 20 heavy (non-hydrogen) atoms. The first kappa shape index (κ1) is 13.5. The number of fused-ring (bicyclic) bond motifs is 1. The van der Waals surface area contributed by atoms with Gasteiger partial charge >= 0.3 is 0 Å². The van der Waals surface area contributed by atoms with E-state index in [0.29, 0.717) is 0 Å². The van der Waals surface area contributed by atoms with Crippen molar-refractivity contribution in [1.82, 2.24) is 9.47 Å². The van der Waals surface area contributed by atoms with Crippen molar-refractivity contribution in [2.24, 2.45) is 0 Å². The SMILES string of the molecule is CCOc1ccc2c(ccn2CCCN2CCCC2)c1. The Balaban J connectivity index is 1.62. The van der Waals surface area contributed by atoms with Crippen LogP contribution in [-0.4, -0.2) is 35.7 Å². The van der Waals surface area contributed by atoms with E-state index >= 15 is 0 Å². The molecule has 0 bridgehead atoms. The van der Waals surface area contributed by atoms with E-state index in [1.807, 2.05) is 6.92 Å². The molecule has 1 fully saturated rings. The van der Waals surface area contributed by atoms with Crippen LogP contribution < -0.4 is 4.74 Å². The summed E-state index contributed by atoms with van der Waals surface area (Å²) in [5.74, 6) is 0.967. The largest absolute Gasteiger partial charge is 0.494 e. The number of rotatable bonds is 6. The minimum Gasteiger partial charge on any atom is -0.494 e. The minimum absolute atomic E-state index is 0.724. The van der Waals surface area contributed by atoms with Gasteiger partial charge in [0.15, 0.2) is 0 Å². The van der Waals surface area contributed by atoms with Gasteiger partial charge in [-0.25, -0.2) is 0 Å². The molecule has 3 nitrogen and oxygen atoms in total.